The van der Waals surface area contributed by atoms with Crippen molar-refractivity contribution < 1.29 is 4.42 Å². The van der Waals surface area contributed by atoms with E-state index < -0.39 is 0 Å². The lowest BCUT2D eigenvalue weighted by molar-refractivity contribution is 0.477. The molecule has 1 aromatic carbocycles. The van der Waals surface area contributed by atoms with E-state index in [-0.39, 0.29) is 11.7 Å². The number of benzene rings is 1. The molecule has 120 valence electrons. The number of rotatable bonds is 4. The van der Waals surface area contributed by atoms with E-state index in [4.69, 9.17) is 4.42 Å². The summed E-state index contributed by atoms with van der Waals surface area (Å²) in [6.45, 7) is 8.11. The third-order valence-corrected chi connectivity index (χ3v) is 4.74. The fraction of sp³-hybridized carbons (Fsp3) is 0.375. The lowest BCUT2D eigenvalue weighted by Gasteiger charge is -2.09. The summed E-state index contributed by atoms with van der Waals surface area (Å²) in [6.07, 6.45) is 0. The smallest absolute Gasteiger partial charge is 0.336 e. The van der Waals surface area contributed by atoms with Crippen molar-refractivity contribution in [1.29, 1.82) is 0 Å². The quantitative estimate of drug-likeness (QED) is 0.540. The third-order valence-electron chi connectivity index (χ3n) is 3.75. The summed E-state index contributed by atoms with van der Waals surface area (Å²) in [5, 5.41) is 13.5. The summed E-state index contributed by atoms with van der Waals surface area (Å²) in [7, 11) is 0. The number of fused-ring (bicyclic) bond motifs is 1. The van der Waals surface area contributed by atoms with Crippen molar-refractivity contribution in [3.8, 4) is 0 Å². The summed E-state index contributed by atoms with van der Waals surface area (Å²) in [5.74, 6) is 0.609. The maximum absolute atomic E-state index is 11.8. The van der Waals surface area contributed by atoms with Crippen LogP contribution in [0, 0.1) is 13.8 Å². The first-order valence-corrected chi connectivity index (χ1v) is 8.39. The molecular formula is C16H18N4O2S. The molecule has 3 rings (SSSR count). The molecule has 23 heavy (non-hydrogen) atoms. The van der Waals surface area contributed by atoms with Crippen LogP contribution in [0.2, 0.25) is 0 Å². The molecule has 6 nitrogen and oxygen atoms in total. The summed E-state index contributed by atoms with van der Waals surface area (Å²) in [4.78, 5) is 11.8. The maximum atomic E-state index is 11.8. The van der Waals surface area contributed by atoms with Crippen molar-refractivity contribution in [2.45, 2.75) is 44.6 Å². The minimum Gasteiger partial charge on any atom is -0.423 e. The third kappa shape index (κ3) is 3.14. The van der Waals surface area contributed by atoms with Gasteiger partial charge in [0.25, 0.3) is 0 Å². The van der Waals surface area contributed by atoms with Gasteiger partial charge in [-0.15, -0.1) is 5.10 Å². The zero-order valence-electron chi connectivity index (χ0n) is 13.5. The molecule has 0 unspecified atom stereocenters. The minimum absolute atomic E-state index is 0.190. The second-order valence-corrected chi connectivity index (χ2v) is 6.75. The highest BCUT2D eigenvalue weighted by molar-refractivity contribution is 7.98. The number of nitrogens with zero attached hydrogens (tertiary/aromatic N) is 4. The lowest BCUT2D eigenvalue weighted by Crippen LogP contribution is -2.05. The van der Waals surface area contributed by atoms with Gasteiger partial charge in [-0.05, 0) is 66.9 Å². The van der Waals surface area contributed by atoms with Crippen LogP contribution in [0.25, 0.3) is 11.0 Å². The van der Waals surface area contributed by atoms with E-state index in [1.807, 2.05) is 26.8 Å². The zero-order valence-corrected chi connectivity index (χ0v) is 14.3. The minimum atomic E-state index is -0.334. The van der Waals surface area contributed by atoms with Gasteiger partial charge in [0.05, 0.1) is 6.04 Å². The van der Waals surface area contributed by atoms with Gasteiger partial charge in [0.2, 0.25) is 5.16 Å². The number of thioether (sulfide) groups is 1. The van der Waals surface area contributed by atoms with Crippen LogP contribution in [0.15, 0.2) is 32.6 Å². The average Bonchev–Trinajstić information content (AvgIpc) is 2.95. The van der Waals surface area contributed by atoms with Crippen LogP contribution in [-0.2, 0) is 5.75 Å². The number of tetrazole rings is 1. The molecule has 3 aromatic rings. The van der Waals surface area contributed by atoms with Crippen molar-refractivity contribution in [1.82, 2.24) is 20.2 Å². The first-order valence-electron chi connectivity index (χ1n) is 7.40. The van der Waals surface area contributed by atoms with E-state index in [9.17, 15) is 4.79 Å². The van der Waals surface area contributed by atoms with Gasteiger partial charge in [-0.2, -0.15) is 0 Å². The topological polar surface area (TPSA) is 73.8 Å². The van der Waals surface area contributed by atoms with Gasteiger partial charge in [-0.3, -0.25) is 0 Å². The lowest BCUT2D eigenvalue weighted by atomic mass is 10.0. The normalized spacial score (nSPS) is 11.5. The molecule has 0 amide bonds. The van der Waals surface area contributed by atoms with Crippen molar-refractivity contribution in [2.75, 3.05) is 0 Å². The fourth-order valence-corrected chi connectivity index (χ4v) is 3.35. The molecule has 0 aliphatic rings. The number of hydrogen-bond donors (Lipinski definition) is 0. The van der Waals surface area contributed by atoms with E-state index in [2.05, 4.69) is 28.5 Å². The Morgan fingerprint density at radius 1 is 1.22 bits per heavy atom. The van der Waals surface area contributed by atoms with E-state index in [0.29, 0.717) is 11.3 Å². The Morgan fingerprint density at radius 3 is 2.70 bits per heavy atom. The predicted molar refractivity (Wildman–Crippen MR) is 89.7 cm³/mol. The predicted octanol–water partition coefficient (Wildman–Crippen LogP) is 3.27. The second-order valence-electron chi connectivity index (χ2n) is 5.81. The average molecular weight is 330 g/mol. The van der Waals surface area contributed by atoms with Crippen LogP contribution in [0.1, 0.15) is 36.6 Å². The Kier molecular flexibility index (Phi) is 4.21. The summed E-state index contributed by atoms with van der Waals surface area (Å²) >= 11 is 1.52. The molecule has 0 fully saturated rings. The molecule has 0 N–H and O–H groups in total. The van der Waals surface area contributed by atoms with Gasteiger partial charge < -0.3 is 4.42 Å². The molecule has 0 saturated carbocycles. The van der Waals surface area contributed by atoms with Crippen molar-refractivity contribution in [3.63, 3.8) is 0 Å². The molecule has 2 aromatic heterocycles. The van der Waals surface area contributed by atoms with Gasteiger partial charge in [0.15, 0.2) is 0 Å². The van der Waals surface area contributed by atoms with Crippen LogP contribution in [0.5, 0.6) is 0 Å². The first kappa shape index (κ1) is 15.7. The molecule has 2 heterocycles. The Hall–Kier alpha value is -2.15. The van der Waals surface area contributed by atoms with Gasteiger partial charge in [0.1, 0.15) is 5.58 Å². The summed E-state index contributed by atoms with van der Waals surface area (Å²) in [5.41, 5.74) is 3.50. The highest BCUT2D eigenvalue weighted by Gasteiger charge is 2.13. The van der Waals surface area contributed by atoms with E-state index >= 15 is 0 Å². The van der Waals surface area contributed by atoms with Crippen LogP contribution in [0.4, 0.5) is 0 Å². The van der Waals surface area contributed by atoms with Crippen molar-refractivity contribution >= 4 is 22.7 Å². The van der Waals surface area contributed by atoms with Crippen LogP contribution in [0.3, 0.4) is 0 Å². The summed E-state index contributed by atoms with van der Waals surface area (Å²) in [6, 6.07) is 5.72. The van der Waals surface area contributed by atoms with Crippen molar-refractivity contribution in [3.05, 3.63) is 45.3 Å². The molecule has 0 aliphatic carbocycles. The van der Waals surface area contributed by atoms with Gasteiger partial charge in [0, 0.05) is 17.2 Å². The molecule has 0 atom stereocenters. The Labute approximate surface area is 137 Å². The second kappa shape index (κ2) is 6.16. The van der Waals surface area contributed by atoms with Gasteiger partial charge in [-0.25, -0.2) is 9.48 Å². The highest BCUT2D eigenvalue weighted by Crippen LogP contribution is 2.27. The van der Waals surface area contributed by atoms with Gasteiger partial charge >= 0.3 is 5.63 Å². The maximum Gasteiger partial charge on any atom is 0.336 e. The van der Waals surface area contributed by atoms with Gasteiger partial charge in [-0.1, -0.05) is 11.8 Å². The standard InChI is InChI=1S/C16H18N4O2S/c1-9(2)20-16(17-18-19-20)23-8-12-7-15(21)22-14-6-11(4)10(3)5-13(12)14/h5-7,9H,8H2,1-4H3. The van der Waals surface area contributed by atoms with Crippen LogP contribution >= 0.6 is 11.8 Å². The molecular weight excluding hydrogens is 312 g/mol. The molecule has 0 bridgehead atoms. The number of hydrogen-bond acceptors (Lipinski definition) is 6. The molecule has 0 saturated heterocycles. The Morgan fingerprint density at radius 2 is 1.96 bits per heavy atom. The monoisotopic (exact) mass is 330 g/mol. The fourth-order valence-electron chi connectivity index (χ4n) is 2.35. The zero-order chi connectivity index (χ0) is 16.6. The van der Waals surface area contributed by atoms with Crippen molar-refractivity contribution in [2.24, 2.45) is 0 Å². The number of aromatic nitrogens is 4. The molecule has 7 heteroatoms. The Bertz CT molecular complexity index is 914. The summed E-state index contributed by atoms with van der Waals surface area (Å²) < 4.78 is 7.10. The van der Waals surface area contributed by atoms with Crippen LogP contribution in [-0.4, -0.2) is 20.2 Å². The highest BCUT2D eigenvalue weighted by atomic mass is 32.2. The number of aryl methyl sites for hydroxylation is 2. The van der Waals surface area contributed by atoms with E-state index in [0.717, 1.165) is 21.7 Å². The molecule has 0 aliphatic heterocycles. The van der Waals surface area contributed by atoms with Crippen LogP contribution < -0.4 is 5.63 Å². The SMILES string of the molecule is Cc1cc2oc(=O)cc(CSc3nnnn3C(C)C)c2cc1C. The first-order chi connectivity index (χ1) is 11.0. The Balaban J connectivity index is 1.98. The molecule has 0 spiro atoms. The van der Waals surface area contributed by atoms with E-state index in [1.165, 1.54) is 17.3 Å². The largest absolute Gasteiger partial charge is 0.423 e. The van der Waals surface area contributed by atoms with E-state index in [1.54, 1.807) is 10.7 Å². The molecule has 0 radical (unpaired) electrons.